The molecule has 4 heteroatoms. The Kier molecular flexibility index (Phi) is 4.26. The van der Waals surface area contributed by atoms with Crippen LogP contribution in [0.25, 0.3) is 0 Å². The minimum atomic E-state index is 0.587. The highest BCUT2D eigenvalue weighted by molar-refractivity contribution is 5.78. The lowest BCUT2D eigenvalue weighted by molar-refractivity contribution is 0.241. The third-order valence-electron chi connectivity index (χ3n) is 4.05. The van der Waals surface area contributed by atoms with Crippen LogP contribution in [0.1, 0.15) is 39.0 Å². The average Bonchev–Trinajstić information content (AvgIpc) is 3.05. The maximum Gasteiger partial charge on any atom is 0.191 e. The van der Waals surface area contributed by atoms with Crippen molar-refractivity contribution >= 4 is 5.96 Å². The van der Waals surface area contributed by atoms with Crippen molar-refractivity contribution in [3.05, 3.63) is 0 Å². The first kappa shape index (κ1) is 12.7. The molecule has 2 fully saturated rings. The second kappa shape index (κ2) is 5.71. The molecule has 0 aromatic rings. The van der Waals surface area contributed by atoms with Crippen LogP contribution in [-0.2, 0) is 0 Å². The van der Waals surface area contributed by atoms with Crippen molar-refractivity contribution in [2.75, 3.05) is 26.7 Å². The van der Waals surface area contributed by atoms with Gasteiger partial charge in [-0.3, -0.25) is 9.89 Å². The molecule has 1 saturated heterocycles. The molecule has 0 aromatic heterocycles. The van der Waals surface area contributed by atoms with Gasteiger partial charge in [-0.2, -0.15) is 0 Å². The first-order valence-electron chi connectivity index (χ1n) is 6.99. The van der Waals surface area contributed by atoms with Gasteiger partial charge in [-0.15, -0.1) is 0 Å². The van der Waals surface area contributed by atoms with Crippen LogP contribution in [0.15, 0.2) is 4.99 Å². The lowest BCUT2D eigenvalue weighted by Gasteiger charge is -2.25. The lowest BCUT2D eigenvalue weighted by Crippen LogP contribution is -2.39. The Morgan fingerprint density at radius 3 is 2.59 bits per heavy atom. The van der Waals surface area contributed by atoms with Gasteiger partial charge in [-0.05, 0) is 45.2 Å². The lowest BCUT2D eigenvalue weighted by atomic mass is 10.2. The summed E-state index contributed by atoms with van der Waals surface area (Å²) in [5.74, 6) is 0.727. The molecule has 1 unspecified atom stereocenters. The number of aliphatic imine (C=N–C) groups is 1. The number of nitrogens with two attached hydrogens (primary N) is 1. The predicted molar refractivity (Wildman–Crippen MR) is 72.2 cm³/mol. The number of nitrogens with zero attached hydrogens (tertiary/aromatic N) is 3. The largest absolute Gasteiger partial charge is 0.370 e. The molecule has 1 heterocycles. The predicted octanol–water partition coefficient (Wildman–Crippen LogP) is 1.27. The summed E-state index contributed by atoms with van der Waals surface area (Å²) < 4.78 is 0. The summed E-state index contributed by atoms with van der Waals surface area (Å²) in [6, 6.07) is 1.24. The molecule has 1 aliphatic carbocycles. The van der Waals surface area contributed by atoms with E-state index in [1.165, 1.54) is 45.2 Å². The Hall–Kier alpha value is -0.770. The fourth-order valence-corrected chi connectivity index (χ4v) is 2.57. The van der Waals surface area contributed by atoms with Gasteiger partial charge in [0.15, 0.2) is 5.96 Å². The van der Waals surface area contributed by atoms with Crippen LogP contribution in [0, 0.1) is 0 Å². The highest BCUT2D eigenvalue weighted by Crippen LogP contribution is 2.25. The van der Waals surface area contributed by atoms with Crippen molar-refractivity contribution in [3.63, 3.8) is 0 Å². The zero-order valence-corrected chi connectivity index (χ0v) is 11.2. The van der Waals surface area contributed by atoms with Gasteiger partial charge in [0.25, 0.3) is 0 Å². The van der Waals surface area contributed by atoms with Gasteiger partial charge >= 0.3 is 0 Å². The van der Waals surface area contributed by atoms with Crippen LogP contribution in [0.5, 0.6) is 0 Å². The highest BCUT2D eigenvalue weighted by atomic mass is 15.3. The number of hydrogen-bond donors (Lipinski definition) is 1. The van der Waals surface area contributed by atoms with Crippen LogP contribution >= 0.6 is 0 Å². The van der Waals surface area contributed by atoms with Gasteiger partial charge in [-0.25, -0.2) is 0 Å². The van der Waals surface area contributed by atoms with Crippen LogP contribution in [-0.4, -0.2) is 54.5 Å². The van der Waals surface area contributed by atoms with E-state index in [9.17, 15) is 0 Å². The second-order valence-corrected chi connectivity index (χ2v) is 5.35. The Labute approximate surface area is 105 Å². The minimum Gasteiger partial charge on any atom is -0.370 e. The number of hydrogen-bond acceptors (Lipinski definition) is 2. The molecule has 2 aliphatic rings. The summed E-state index contributed by atoms with van der Waals surface area (Å²) in [4.78, 5) is 9.28. The minimum absolute atomic E-state index is 0.587. The van der Waals surface area contributed by atoms with Crippen molar-refractivity contribution in [2.45, 2.75) is 51.1 Å². The van der Waals surface area contributed by atoms with E-state index in [0.29, 0.717) is 12.1 Å². The quantitative estimate of drug-likeness (QED) is 0.579. The number of guanidine groups is 1. The Morgan fingerprint density at radius 1 is 1.41 bits per heavy atom. The maximum atomic E-state index is 6.02. The number of likely N-dealkylation sites (tertiary alicyclic amines) is 1. The van der Waals surface area contributed by atoms with Gasteiger partial charge in [-0.1, -0.05) is 6.92 Å². The molecular formula is C13H26N4. The van der Waals surface area contributed by atoms with E-state index < -0.39 is 0 Å². The second-order valence-electron chi connectivity index (χ2n) is 5.35. The molecule has 2 rings (SSSR count). The fourth-order valence-electron chi connectivity index (χ4n) is 2.57. The maximum absolute atomic E-state index is 6.02. The molecule has 2 N–H and O–H groups in total. The molecule has 0 aromatic carbocycles. The Bertz CT molecular complexity index is 267. The molecular weight excluding hydrogens is 212 g/mol. The molecule has 98 valence electrons. The molecule has 1 atom stereocenters. The third-order valence-corrected chi connectivity index (χ3v) is 4.05. The first-order chi connectivity index (χ1) is 8.22. The van der Waals surface area contributed by atoms with Gasteiger partial charge in [0, 0.05) is 19.1 Å². The Balaban J connectivity index is 1.82. The molecule has 0 radical (unpaired) electrons. The normalized spacial score (nSPS) is 24.0. The smallest absolute Gasteiger partial charge is 0.191 e. The topological polar surface area (TPSA) is 44.9 Å². The zero-order chi connectivity index (χ0) is 12.3. The van der Waals surface area contributed by atoms with Crippen LogP contribution in [0.4, 0.5) is 0 Å². The van der Waals surface area contributed by atoms with Crippen molar-refractivity contribution in [1.29, 1.82) is 0 Å². The van der Waals surface area contributed by atoms with Crippen LogP contribution in [0.2, 0.25) is 0 Å². The summed E-state index contributed by atoms with van der Waals surface area (Å²) >= 11 is 0. The van der Waals surface area contributed by atoms with E-state index in [0.717, 1.165) is 12.5 Å². The van der Waals surface area contributed by atoms with Crippen molar-refractivity contribution in [2.24, 2.45) is 10.7 Å². The highest BCUT2D eigenvalue weighted by Gasteiger charge is 2.27. The summed E-state index contributed by atoms with van der Waals surface area (Å²) in [5.41, 5.74) is 6.02. The average molecular weight is 238 g/mol. The summed E-state index contributed by atoms with van der Waals surface area (Å²) in [6.45, 7) is 5.59. The first-order valence-corrected chi connectivity index (χ1v) is 6.99. The van der Waals surface area contributed by atoms with E-state index in [1.54, 1.807) is 0 Å². The monoisotopic (exact) mass is 238 g/mol. The van der Waals surface area contributed by atoms with Crippen molar-refractivity contribution in [1.82, 2.24) is 9.80 Å². The van der Waals surface area contributed by atoms with E-state index in [-0.39, 0.29) is 0 Å². The van der Waals surface area contributed by atoms with Gasteiger partial charge < -0.3 is 10.6 Å². The summed E-state index contributed by atoms with van der Waals surface area (Å²) in [6.07, 6.45) is 6.41. The third kappa shape index (κ3) is 3.35. The van der Waals surface area contributed by atoms with E-state index in [1.807, 2.05) is 0 Å². The SMILES string of the molecule is CCC(CN=C(N)N(C)C1CC1)N1CCCC1. The zero-order valence-electron chi connectivity index (χ0n) is 11.2. The summed E-state index contributed by atoms with van der Waals surface area (Å²) in [5, 5.41) is 0. The van der Waals surface area contributed by atoms with Gasteiger partial charge in [0.2, 0.25) is 0 Å². The van der Waals surface area contributed by atoms with Gasteiger partial charge in [0.05, 0.1) is 6.54 Å². The standard InChI is InChI=1S/C13H26N4/c1-3-11(17-8-4-5-9-17)10-15-13(14)16(2)12-6-7-12/h11-12H,3-10H2,1-2H3,(H2,14,15). The van der Waals surface area contributed by atoms with Crippen molar-refractivity contribution < 1.29 is 0 Å². The van der Waals surface area contributed by atoms with Gasteiger partial charge in [0.1, 0.15) is 0 Å². The molecule has 4 nitrogen and oxygen atoms in total. The molecule has 1 aliphatic heterocycles. The van der Waals surface area contributed by atoms with E-state index in [2.05, 4.69) is 28.8 Å². The Morgan fingerprint density at radius 2 is 2.06 bits per heavy atom. The number of rotatable bonds is 5. The van der Waals surface area contributed by atoms with Crippen molar-refractivity contribution in [3.8, 4) is 0 Å². The molecule has 0 bridgehead atoms. The van der Waals surface area contributed by atoms with Crippen LogP contribution in [0.3, 0.4) is 0 Å². The van der Waals surface area contributed by atoms with E-state index >= 15 is 0 Å². The molecule has 0 spiro atoms. The summed E-state index contributed by atoms with van der Waals surface area (Å²) in [7, 11) is 2.06. The van der Waals surface area contributed by atoms with Crippen LogP contribution < -0.4 is 5.73 Å². The molecule has 17 heavy (non-hydrogen) atoms. The van der Waals surface area contributed by atoms with E-state index in [4.69, 9.17) is 5.73 Å². The molecule has 1 saturated carbocycles. The molecule has 0 amide bonds. The fraction of sp³-hybridized carbons (Fsp3) is 0.923.